The van der Waals surface area contributed by atoms with Crippen molar-refractivity contribution < 1.29 is 19.1 Å². The van der Waals surface area contributed by atoms with Gasteiger partial charge in [0.2, 0.25) is 0 Å². The zero-order chi connectivity index (χ0) is 19.2. The van der Waals surface area contributed by atoms with Gasteiger partial charge in [-0.05, 0) is 17.7 Å². The molecule has 6 heteroatoms. The van der Waals surface area contributed by atoms with Crippen molar-refractivity contribution >= 4 is 23.6 Å². The Kier molecular flexibility index (Phi) is 6.05. The number of benzene rings is 2. The van der Waals surface area contributed by atoms with Crippen LogP contribution >= 0.6 is 11.8 Å². The van der Waals surface area contributed by atoms with Crippen molar-refractivity contribution in [3.8, 4) is 18.1 Å². The fourth-order valence-electron chi connectivity index (χ4n) is 2.97. The summed E-state index contributed by atoms with van der Waals surface area (Å²) >= 11 is 1.53. The smallest absolute Gasteiger partial charge is 0.329 e. The molecule has 1 aliphatic rings. The van der Waals surface area contributed by atoms with Gasteiger partial charge in [-0.25, -0.2) is 4.79 Å². The molecule has 2 aromatic rings. The average molecular weight is 381 g/mol. The van der Waals surface area contributed by atoms with Gasteiger partial charge in [-0.3, -0.25) is 4.79 Å². The Morgan fingerprint density at radius 1 is 1.19 bits per heavy atom. The first kappa shape index (κ1) is 18.9. The Morgan fingerprint density at radius 2 is 1.89 bits per heavy atom. The van der Waals surface area contributed by atoms with Crippen molar-refractivity contribution in [1.82, 2.24) is 4.90 Å². The van der Waals surface area contributed by atoms with E-state index in [1.807, 2.05) is 30.3 Å². The van der Waals surface area contributed by atoms with E-state index >= 15 is 0 Å². The van der Waals surface area contributed by atoms with Crippen LogP contribution in [0.1, 0.15) is 21.3 Å². The summed E-state index contributed by atoms with van der Waals surface area (Å²) in [5, 5.41) is -0.288. The highest BCUT2D eigenvalue weighted by atomic mass is 32.2. The lowest BCUT2D eigenvalue weighted by Crippen LogP contribution is -2.43. The summed E-state index contributed by atoms with van der Waals surface area (Å²) in [5.74, 6) is 2.53. The summed E-state index contributed by atoms with van der Waals surface area (Å²) < 4.78 is 10.4. The highest BCUT2D eigenvalue weighted by Gasteiger charge is 2.43. The third kappa shape index (κ3) is 3.93. The standard InChI is InChI=1S/C21H19NO4S/c1-3-13-26-18-12-8-7-11-16(18)19(23)22-17(21(24)25-2)14-27-20(22)15-9-5-4-6-10-15/h1,4-12,17,20H,13-14H2,2H3/t17-,20+/m0/s1. The quantitative estimate of drug-likeness (QED) is 0.588. The van der Waals surface area contributed by atoms with E-state index in [0.29, 0.717) is 17.1 Å². The Hall–Kier alpha value is -2.91. The fraction of sp³-hybridized carbons (Fsp3) is 0.238. The monoisotopic (exact) mass is 381 g/mol. The predicted octanol–water partition coefficient (Wildman–Crippen LogP) is 3.13. The number of ether oxygens (including phenoxy) is 2. The van der Waals surface area contributed by atoms with Crippen LogP contribution in [0.3, 0.4) is 0 Å². The van der Waals surface area contributed by atoms with Gasteiger partial charge >= 0.3 is 5.97 Å². The summed E-state index contributed by atoms with van der Waals surface area (Å²) in [6.45, 7) is 0.0571. The highest BCUT2D eigenvalue weighted by Crippen LogP contribution is 2.43. The van der Waals surface area contributed by atoms with Crippen LogP contribution in [-0.2, 0) is 9.53 Å². The van der Waals surface area contributed by atoms with E-state index in [9.17, 15) is 9.59 Å². The molecule has 1 fully saturated rings. The number of hydrogen-bond acceptors (Lipinski definition) is 5. The van der Waals surface area contributed by atoms with Crippen LogP contribution in [0.5, 0.6) is 5.75 Å². The number of esters is 1. The second kappa shape index (κ2) is 8.65. The lowest BCUT2D eigenvalue weighted by molar-refractivity contribution is -0.145. The van der Waals surface area contributed by atoms with E-state index in [4.69, 9.17) is 15.9 Å². The lowest BCUT2D eigenvalue weighted by atomic mass is 10.1. The Morgan fingerprint density at radius 3 is 2.59 bits per heavy atom. The molecule has 1 heterocycles. The molecule has 0 aliphatic carbocycles. The number of amides is 1. The Bertz CT molecular complexity index is 862. The van der Waals surface area contributed by atoms with E-state index in [-0.39, 0.29) is 17.9 Å². The number of methoxy groups -OCH3 is 1. The largest absolute Gasteiger partial charge is 0.480 e. The zero-order valence-corrected chi connectivity index (χ0v) is 15.6. The summed E-state index contributed by atoms with van der Waals surface area (Å²) in [6.07, 6.45) is 5.27. The van der Waals surface area contributed by atoms with Crippen LogP contribution in [0.15, 0.2) is 54.6 Å². The molecule has 1 saturated heterocycles. The molecule has 2 atom stereocenters. The number of carbonyl (C=O) groups is 2. The molecule has 3 rings (SSSR count). The molecule has 0 saturated carbocycles. The molecule has 0 spiro atoms. The molecule has 0 N–H and O–H groups in total. The maximum Gasteiger partial charge on any atom is 0.329 e. The second-order valence-corrected chi connectivity index (χ2v) is 6.95. The summed E-state index contributed by atoms with van der Waals surface area (Å²) in [6, 6.07) is 15.8. The van der Waals surface area contributed by atoms with Gasteiger partial charge in [0.25, 0.3) is 5.91 Å². The van der Waals surface area contributed by atoms with Crippen LogP contribution in [0, 0.1) is 12.3 Å². The molecule has 138 valence electrons. The first-order valence-electron chi connectivity index (χ1n) is 8.39. The van der Waals surface area contributed by atoms with Crippen LogP contribution in [-0.4, -0.2) is 42.3 Å². The van der Waals surface area contributed by atoms with Crippen molar-refractivity contribution in [2.24, 2.45) is 0 Å². The van der Waals surface area contributed by atoms with E-state index in [0.717, 1.165) is 5.56 Å². The normalized spacial score (nSPS) is 18.6. The molecule has 1 amide bonds. The number of thioether (sulfide) groups is 1. The molecule has 0 aromatic heterocycles. The van der Waals surface area contributed by atoms with E-state index in [1.165, 1.54) is 18.9 Å². The van der Waals surface area contributed by atoms with Crippen molar-refractivity contribution in [1.29, 1.82) is 0 Å². The number of carbonyl (C=O) groups excluding carboxylic acids is 2. The first-order chi connectivity index (χ1) is 13.2. The van der Waals surface area contributed by atoms with Crippen LogP contribution in [0.4, 0.5) is 0 Å². The van der Waals surface area contributed by atoms with Gasteiger partial charge in [-0.2, -0.15) is 0 Å². The van der Waals surface area contributed by atoms with Crippen LogP contribution < -0.4 is 4.74 Å². The molecule has 5 nitrogen and oxygen atoms in total. The van der Waals surface area contributed by atoms with E-state index in [1.54, 1.807) is 29.2 Å². The minimum absolute atomic E-state index is 0.0571. The molecule has 0 radical (unpaired) electrons. The van der Waals surface area contributed by atoms with Gasteiger partial charge in [0.15, 0.2) is 0 Å². The first-order valence-corrected chi connectivity index (χ1v) is 9.44. The van der Waals surface area contributed by atoms with Crippen LogP contribution in [0.25, 0.3) is 0 Å². The Labute approximate surface area is 162 Å². The molecule has 0 unspecified atom stereocenters. The summed E-state index contributed by atoms with van der Waals surface area (Å²) in [5.41, 5.74) is 1.31. The van der Waals surface area contributed by atoms with Crippen molar-refractivity contribution in [3.63, 3.8) is 0 Å². The molecular formula is C21H19NO4S. The number of hydrogen-bond donors (Lipinski definition) is 0. The van der Waals surface area contributed by atoms with Gasteiger partial charge in [0.05, 0.1) is 12.7 Å². The van der Waals surface area contributed by atoms with Crippen molar-refractivity contribution in [2.75, 3.05) is 19.5 Å². The maximum absolute atomic E-state index is 13.4. The van der Waals surface area contributed by atoms with Crippen LogP contribution in [0.2, 0.25) is 0 Å². The van der Waals surface area contributed by atoms with Gasteiger partial charge < -0.3 is 14.4 Å². The third-order valence-electron chi connectivity index (χ3n) is 4.22. The van der Waals surface area contributed by atoms with E-state index < -0.39 is 12.0 Å². The maximum atomic E-state index is 13.4. The van der Waals surface area contributed by atoms with Gasteiger partial charge in [0.1, 0.15) is 23.8 Å². The summed E-state index contributed by atoms with van der Waals surface area (Å²) in [7, 11) is 1.33. The highest BCUT2D eigenvalue weighted by molar-refractivity contribution is 7.99. The van der Waals surface area contributed by atoms with Crippen molar-refractivity contribution in [2.45, 2.75) is 11.4 Å². The molecular weight excluding hydrogens is 362 g/mol. The Balaban J connectivity index is 1.99. The predicted molar refractivity (Wildman–Crippen MR) is 104 cm³/mol. The van der Waals surface area contributed by atoms with Crippen molar-refractivity contribution in [3.05, 3.63) is 65.7 Å². The zero-order valence-electron chi connectivity index (χ0n) is 14.8. The number of nitrogens with zero attached hydrogens (tertiary/aromatic N) is 1. The number of terminal acetylenes is 1. The van der Waals surface area contributed by atoms with E-state index in [2.05, 4.69) is 5.92 Å². The SMILES string of the molecule is C#CCOc1ccccc1C(=O)N1[C@@H](c2ccccc2)SC[C@H]1C(=O)OC. The molecule has 2 aromatic carbocycles. The lowest BCUT2D eigenvalue weighted by Gasteiger charge is -2.29. The van der Waals surface area contributed by atoms with Gasteiger partial charge in [-0.1, -0.05) is 48.4 Å². The molecule has 0 bridgehead atoms. The van der Waals surface area contributed by atoms with Gasteiger partial charge in [0, 0.05) is 5.75 Å². The van der Waals surface area contributed by atoms with Gasteiger partial charge in [-0.15, -0.1) is 18.2 Å². The second-order valence-electron chi connectivity index (χ2n) is 5.84. The third-order valence-corrected chi connectivity index (χ3v) is 5.54. The topological polar surface area (TPSA) is 55.8 Å². The summed E-state index contributed by atoms with van der Waals surface area (Å²) in [4.78, 5) is 27.3. The minimum Gasteiger partial charge on any atom is -0.480 e. The molecule has 27 heavy (non-hydrogen) atoms. The number of rotatable bonds is 5. The molecule has 1 aliphatic heterocycles. The minimum atomic E-state index is -0.668. The number of para-hydroxylation sites is 1. The average Bonchev–Trinajstić information content (AvgIpc) is 3.17. The fourth-order valence-corrected chi connectivity index (χ4v) is 4.39.